The summed E-state index contributed by atoms with van der Waals surface area (Å²) in [6.07, 6.45) is 1.31. The van der Waals surface area contributed by atoms with Crippen LogP contribution in [0, 0.1) is 27.7 Å². The molecule has 12 rings (SSSR count). The number of aromatic nitrogens is 1. The molecule has 0 unspecified atom stereocenters. The van der Waals surface area contributed by atoms with Gasteiger partial charge >= 0.3 is 37.1 Å². The SMILES string of the molecule is CC1=C(C(=O)OCc2ccccc2)C(C)=[N+]2B(F)n3c(C)c(C(=O)OCc4ccccc4)c(C)c3C(c3c(C)cc(OC(=O)CCCc4ccc(N(c5ccccc5)c5ccc(-c6ccc7c8c(cccc68)C(=O)OC7=O)cc5)cc4)cc3C)=C12.F. The van der Waals surface area contributed by atoms with E-state index in [1.807, 2.05) is 117 Å². The van der Waals surface area contributed by atoms with Crippen LogP contribution in [0.2, 0.25) is 0 Å². The molecular formula is C71H59BF2N3O9+. The van der Waals surface area contributed by atoms with E-state index in [4.69, 9.17) is 18.9 Å². The lowest BCUT2D eigenvalue weighted by atomic mass is 9.83. The quantitative estimate of drug-likeness (QED) is 0.0303. The second-order valence-electron chi connectivity index (χ2n) is 21.6. The predicted octanol–water partition coefficient (Wildman–Crippen LogP) is 14.9. The maximum Gasteiger partial charge on any atom is 0.846 e. The molecule has 0 spiro atoms. The number of allylic oxidation sites excluding steroid dienone is 1. The lowest BCUT2D eigenvalue weighted by molar-refractivity contribution is -0.337. The molecule has 0 fully saturated rings. The lowest BCUT2D eigenvalue weighted by Gasteiger charge is -2.26. The van der Waals surface area contributed by atoms with Gasteiger partial charge in [-0.3, -0.25) is 14.0 Å². The molecule has 86 heavy (non-hydrogen) atoms. The Balaban J connectivity index is 0.00000768. The number of halogens is 2. The van der Waals surface area contributed by atoms with Crippen molar-refractivity contribution in [1.29, 1.82) is 0 Å². The van der Waals surface area contributed by atoms with Crippen LogP contribution < -0.4 is 9.64 Å². The number of anilines is 3. The average molecular weight is 1150 g/mol. The van der Waals surface area contributed by atoms with Crippen molar-refractivity contribution in [3.05, 3.63) is 266 Å². The van der Waals surface area contributed by atoms with E-state index in [2.05, 4.69) is 53.4 Å². The van der Waals surface area contributed by atoms with Gasteiger partial charge in [-0.15, -0.1) is 0 Å². The molecule has 9 aromatic rings. The zero-order valence-electron chi connectivity index (χ0n) is 48.2. The van der Waals surface area contributed by atoms with Crippen molar-refractivity contribution in [3.63, 3.8) is 0 Å². The van der Waals surface area contributed by atoms with E-state index < -0.39 is 37.1 Å². The van der Waals surface area contributed by atoms with Gasteiger partial charge in [0.15, 0.2) is 11.4 Å². The van der Waals surface area contributed by atoms with Crippen molar-refractivity contribution in [1.82, 2.24) is 4.48 Å². The van der Waals surface area contributed by atoms with Crippen molar-refractivity contribution in [2.45, 2.75) is 74.0 Å². The number of para-hydroxylation sites is 1. The lowest BCUT2D eigenvalue weighted by Crippen LogP contribution is -2.41. The number of esters is 5. The average Bonchev–Trinajstić information content (AvgIpc) is 1.53. The fraction of sp³-hybridized carbons (Fsp3) is 0.155. The van der Waals surface area contributed by atoms with Crippen LogP contribution in [0.15, 0.2) is 199 Å². The molecule has 0 atom stereocenters. The van der Waals surface area contributed by atoms with Gasteiger partial charge in [0.25, 0.3) is 0 Å². The Morgan fingerprint density at radius 2 is 1.16 bits per heavy atom. The maximum absolute atomic E-state index is 17.7. The molecule has 15 heteroatoms. The zero-order chi connectivity index (χ0) is 59.2. The molecule has 1 aromatic heterocycles. The Hall–Kier alpha value is -10.3. The van der Waals surface area contributed by atoms with E-state index in [1.165, 1.54) is 8.96 Å². The summed E-state index contributed by atoms with van der Waals surface area (Å²) < 4.78 is 43.4. The fourth-order valence-corrected chi connectivity index (χ4v) is 12.3. The molecule has 12 nitrogen and oxygen atoms in total. The first-order valence-corrected chi connectivity index (χ1v) is 28.2. The first kappa shape index (κ1) is 57.5. The number of aryl methyl sites for hydroxylation is 3. The summed E-state index contributed by atoms with van der Waals surface area (Å²) >= 11 is 0. The van der Waals surface area contributed by atoms with Crippen LogP contribution >= 0.6 is 0 Å². The first-order valence-electron chi connectivity index (χ1n) is 28.2. The van der Waals surface area contributed by atoms with Gasteiger partial charge in [-0.25, -0.2) is 28.0 Å². The number of hydrogen-bond donors (Lipinski definition) is 0. The van der Waals surface area contributed by atoms with Crippen LogP contribution in [0.1, 0.15) is 108 Å². The van der Waals surface area contributed by atoms with Crippen LogP contribution in [0.25, 0.3) is 27.5 Å². The molecule has 0 amide bonds. The number of cyclic esters (lactones) is 2. The van der Waals surface area contributed by atoms with Crippen molar-refractivity contribution >= 4 is 76.2 Å². The van der Waals surface area contributed by atoms with E-state index in [9.17, 15) is 24.0 Å². The van der Waals surface area contributed by atoms with E-state index in [-0.39, 0.29) is 35.5 Å². The van der Waals surface area contributed by atoms with Gasteiger partial charge in [-0.05, 0) is 164 Å². The zero-order valence-corrected chi connectivity index (χ0v) is 48.2. The molecule has 8 aromatic carbocycles. The van der Waals surface area contributed by atoms with E-state index in [0.717, 1.165) is 67.0 Å². The Kier molecular flexibility index (Phi) is 15.9. The summed E-state index contributed by atoms with van der Waals surface area (Å²) in [7, 11) is -1.84. The highest BCUT2D eigenvalue weighted by molar-refractivity contribution is 6.45. The number of fused-ring (bicyclic) bond motifs is 2. The second-order valence-corrected chi connectivity index (χ2v) is 21.6. The van der Waals surface area contributed by atoms with Crippen LogP contribution in [-0.2, 0) is 43.4 Å². The standard InChI is InChI=1S/C71H58BFN3O9.FH/c1-42-38-55(84-60(77)27-16-22-48-28-32-53(33-29-48)74(52-23-14-9-15-24-52)54-34-30-51(31-35-54)56-36-37-59-64-57(56)25-17-26-58(64)68(78)85-69(59)79)39-43(2)61(42)65-66-44(3)62(70(80)82-40-49-18-10-7-11-19-49)46(5)75(66)72(73)76-47(6)63(45(4)67(65)76)71(81)83-41-50-20-12-8-13-21-50;/h7-15,17-21,23-26,28-39H,16,22,27,40-41H2,1-6H3;1H/q+1;. The molecule has 0 saturated heterocycles. The van der Waals surface area contributed by atoms with Gasteiger partial charge in [-0.2, -0.15) is 0 Å². The highest BCUT2D eigenvalue weighted by atomic mass is 19.1. The third-order valence-electron chi connectivity index (χ3n) is 16.3. The number of carbonyl (C=O) groups excluding carboxylic acids is 5. The summed E-state index contributed by atoms with van der Waals surface area (Å²) in [5, 5.41) is 1.39. The van der Waals surface area contributed by atoms with Crippen LogP contribution in [0.5, 0.6) is 5.75 Å². The molecule has 3 aliphatic heterocycles. The van der Waals surface area contributed by atoms with E-state index >= 15 is 4.32 Å². The smallest absolute Gasteiger partial charge is 0.457 e. The maximum atomic E-state index is 17.7. The normalized spacial score (nSPS) is 13.3. The van der Waals surface area contributed by atoms with Gasteiger partial charge in [-0.1, -0.05) is 121 Å². The van der Waals surface area contributed by atoms with Crippen LogP contribution in [0.4, 0.5) is 26.1 Å². The number of carbonyl (C=O) groups is 5. The number of nitrogens with zero attached hydrogens (tertiary/aromatic N) is 3. The summed E-state index contributed by atoms with van der Waals surface area (Å²) in [4.78, 5) is 69.3. The highest BCUT2D eigenvalue weighted by Gasteiger charge is 2.56. The molecular weight excluding hydrogens is 1090 g/mol. The molecule has 0 radical (unpaired) electrons. The van der Waals surface area contributed by atoms with Gasteiger partial charge in [0.05, 0.1) is 28.0 Å². The topological polar surface area (TPSA) is 133 Å². The van der Waals surface area contributed by atoms with E-state index in [0.29, 0.717) is 74.6 Å². The predicted molar refractivity (Wildman–Crippen MR) is 328 cm³/mol. The fourth-order valence-electron chi connectivity index (χ4n) is 12.3. The summed E-state index contributed by atoms with van der Waals surface area (Å²) in [6.45, 7) is 10.9. The Morgan fingerprint density at radius 3 is 1.78 bits per heavy atom. The summed E-state index contributed by atoms with van der Waals surface area (Å²) in [5.41, 5.74) is 14.1. The number of hydrogen-bond acceptors (Lipinski definition) is 10. The van der Waals surface area contributed by atoms with Crippen molar-refractivity contribution in [2.75, 3.05) is 4.90 Å². The van der Waals surface area contributed by atoms with Crippen LogP contribution in [-0.4, -0.2) is 51.8 Å². The minimum atomic E-state index is -1.84. The minimum absolute atomic E-state index is 0. The van der Waals surface area contributed by atoms with Gasteiger partial charge in [0.1, 0.15) is 24.5 Å². The monoisotopic (exact) mass is 1150 g/mol. The van der Waals surface area contributed by atoms with Gasteiger partial charge in [0.2, 0.25) is 0 Å². The van der Waals surface area contributed by atoms with Crippen molar-refractivity contribution in [2.24, 2.45) is 0 Å². The third kappa shape index (κ3) is 10.5. The van der Waals surface area contributed by atoms with E-state index in [1.54, 1.807) is 58.0 Å². The highest BCUT2D eigenvalue weighted by Crippen LogP contribution is 2.47. The van der Waals surface area contributed by atoms with Crippen LogP contribution in [0.3, 0.4) is 0 Å². The molecule has 428 valence electrons. The van der Waals surface area contributed by atoms with Gasteiger partial charge < -0.3 is 23.8 Å². The molecule has 0 aliphatic carbocycles. The summed E-state index contributed by atoms with van der Waals surface area (Å²) in [6, 6.07) is 57.8. The van der Waals surface area contributed by atoms with Crippen molar-refractivity contribution < 1.29 is 56.4 Å². The Labute approximate surface area is 496 Å². The summed E-state index contributed by atoms with van der Waals surface area (Å²) in [5.74, 6) is -2.51. The molecule has 0 N–H and O–H groups in total. The third-order valence-corrected chi connectivity index (χ3v) is 16.3. The Bertz CT molecular complexity index is 4280. The minimum Gasteiger partial charge on any atom is -0.457 e. The second kappa shape index (κ2) is 23.8. The van der Waals surface area contributed by atoms with Crippen molar-refractivity contribution in [3.8, 4) is 16.9 Å². The Morgan fingerprint density at radius 1 is 0.616 bits per heavy atom. The molecule has 0 bridgehead atoms. The molecule has 0 saturated carbocycles. The molecule has 3 aliphatic rings. The molecule has 4 heterocycles. The largest absolute Gasteiger partial charge is 0.846 e. The number of rotatable bonds is 16. The number of benzene rings is 8. The van der Waals surface area contributed by atoms with Gasteiger partial charge in [0, 0.05) is 47.1 Å². The number of ether oxygens (including phenoxy) is 4. The first-order chi connectivity index (χ1) is 41.2.